The average molecular weight is 375 g/mol. The Hall–Kier alpha value is -1.75. The van der Waals surface area contributed by atoms with Gasteiger partial charge >= 0.3 is 6.11 Å². The van der Waals surface area contributed by atoms with E-state index in [2.05, 4.69) is 10.2 Å². The molecule has 1 saturated carbocycles. The van der Waals surface area contributed by atoms with Crippen molar-refractivity contribution in [1.29, 1.82) is 0 Å². The summed E-state index contributed by atoms with van der Waals surface area (Å²) in [7, 11) is 3.59. The van der Waals surface area contributed by atoms with E-state index in [0.29, 0.717) is 11.5 Å². The Morgan fingerprint density at radius 3 is 2.27 bits per heavy atom. The molecule has 0 atom stereocenters. The van der Waals surface area contributed by atoms with Gasteiger partial charge in [-0.1, -0.05) is 37.1 Å². The summed E-state index contributed by atoms with van der Waals surface area (Å²) in [6, 6.07) is 11.2. The SMILES string of the molecule is Cc1ccc(C(F)(F)Oc2ccc(C3CCC(C[Si])CC3)cc2)cc1F. The van der Waals surface area contributed by atoms with Crippen LogP contribution in [-0.4, -0.2) is 10.2 Å². The minimum Gasteiger partial charge on any atom is -0.429 e. The van der Waals surface area contributed by atoms with Crippen LogP contribution in [0.4, 0.5) is 13.2 Å². The van der Waals surface area contributed by atoms with Gasteiger partial charge in [-0.2, -0.15) is 8.78 Å². The molecule has 2 aromatic carbocycles. The van der Waals surface area contributed by atoms with Crippen molar-refractivity contribution in [2.45, 2.75) is 50.7 Å². The molecule has 1 aliphatic rings. The average Bonchev–Trinajstić information content (AvgIpc) is 2.64. The van der Waals surface area contributed by atoms with Gasteiger partial charge in [0, 0.05) is 10.2 Å². The second kappa shape index (κ2) is 7.87. The van der Waals surface area contributed by atoms with E-state index in [0.717, 1.165) is 36.4 Å². The van der Waals surface area contributed by atoms with E-state index in [4.69, 9.17) is 4.74 Å². The molecule has 1 aliphatic carbocycles. The van der Waals surface area contributed by atoms with Gasteiger partial charge in [0.1, 0.15) is 11.6 Å². The fraction of sp³-hybridized carbons (Fsp3) is 0.429. The van der Waals surface area contributed by atoms with E-state index in [1.54, 1.807) is 12.1 Å². The number of rotatable bonds is 5. The molecule has 0 saturated heterocycles. The van der Waals surface area contributed by atoms with Crippen molar-refractivity contribution in [3.05, 3.63) is 65.0 Å². The second-order valence-electron chi connectivity index (χ2n) is 7.07. The highest BCUT2D eigenvalue weighted by Crippen LogP contribution is 2.38. The van der Waals surface area contributed by atoms with Crippen LogP contribution in [0.1, 0.15) is 48.3 Å². The molecule has 2 aromatic rings. The number of alkyl halides is 2. The van der Waals surface area contributed by atoms with Gasteiger partial charge in [-0.15, -0.1) is 0 Å². The summed E-state index contributed by atoms with van der Waals surface area (Å²) in [5, 5.41) is 0. The summed E-state index contributed by atoms with van der Waals surface area (Å²) in [5.74, 6) is 0.623. The van der Waals surface area contributed by atoms with Gasteiger partial charge in [-0.25, -0.2) is 4.39 Å². The Morgan fingerprint density at radius 2 is 1.69 bits per heavy atom. The Labute approximate surface area is 156 Å². The standard InChI is InChI=1S/C21H22F3OSi/c1-14-2-9-18(12-20(14)22)21(23,24)25-19-10-7-17(8-11-19)16-5-3-15(13-26)4-6-16/h2,7-12,15-16H,3-6,13H2,1H3. The molecule has 0 amide bonds. The molecule has 5 heteroatoms. The molecule has 1 nitrogen and oxygen atoms in total. The van der Waals surface area contributed by atoms with Crippen molar-refractivity contribution < 1.29 is 17.9 Å². The van der Waals surface area contributed by atoms with Crippen molar-refractivity contribution in [3.63, 3.8) is 0 Å². The summed E-state index contributed by atoms with van der Waals surface area (Å²) in [6.07, 6.45) is 1.03. The second-order valence-corrected chi connectivity index (χ2v) is 7.48. The topological polar surface area (TPSA) is 9.23 Å². The maximum atomic E-state index is 14.3. The molecular formula is C21H22F3OSi. The first-order valence-corrected chi connectivity index (χ1v) is 9.68. The molecule has 0 heterocycles. The molecule has 0 unspecified atom stereocenters. The third-order valence-corrected chi connectivity index (χ3v) is 5.82. The molecule has 3 rings (SSSR count). The highest BCUT2D eigenvalue weighted by atomic mass is 28.1. The number of benzene rings is 2. The van der Waals surface area contributed by atoms with Crippen molar-refractivity contribution >= 4 is 10.2 Å². The molecule has 137 valence electrons. The first-order valence-electron chi connectivity index (χ1n) is 8.97. The maximum absolute atomic E-state index is 14.3. The van der Waals surface area contributed by atoms with E-state index in [-0.39, 0.29) is 5.75 Å². The van der Waals surface area contributed by atoms with Crippen LogP contribution in [0.15, 0.2) is 42.5 Å². The predicted molar refractivity (Wildman–Crippen MR) is 97.4 cm³/mol. The van der Waals surface area contributed by atoms with E-state index in [1.165, 1.54) is 31.9 Å². The lowest BCUT2D eigenvalue weighted by atomic mass is 9.79. The van der Waals surface area contributed by atoms with Gasteiger partial charge < -0.3 is 4.74 Å². The summed E-state index contributed by atoms with van der Waals surface area (Å²) in [6.45, 7) is 1.53. The molecule has 26 heavy (non-hydrogen) atoms. The molecule has 0 bridgehead atoms. The smallest absolute Gasteiger partial charge is 0.426 e. The quantitative estimate of drug-likeness (QED) is 0.572. The molecule has 0 aliphatic heterocycles. The fourth-order valence-corrected chi connectivity index (χ4v) is 3.90. The van der Waals surface area contributed by atoms with E-state index in [1.807, 2.05) is 12.1 Å². The van der Waals surface area contributed by atoms with Gasteiger partial charge in [0.2, 0.25) is 0 Å². The Balaban J connectivity index is 1.67. The van der Waals surface area contributed by atoms with Crippen LogP contribution < -0.4 is 4.74 Å². The van der Waals surface area contributed by atoms with Crippen molar-refractivity contribution in [3.8, 4) is 5.75 Å². The van der Waals surface area contributed by atoms with Crippen LogP contribution in [0.5, 0.6) is 5.75 Å². The minimum atomic E-state index is -3.58. The highest BCUT2D eigenvalue weighted by Gasteiger charge is 2.35. The van der Waals surface area contributed by atoms with Crippen LogP contribution in [0.3, 0.4) is 0 Å². The van der Waals surface area contributed by atoms with E-state index >= 15 is 0 Å². The fourth-order valence-electron chi connectivity index (χ4n) is 3.49. The zero-order valence-corrected chi connectivity index (χ0v) is 15.8. The van der Waals surface area contributed by atoms with Crippen LogP contribution >= 0.6 is 0 Å². The molecule has 0 N–H and O–H groups in total. The zero-order chi connectivity index (χ0) is 18.7. The van der Waals surface area contributed by atoms with E-state index in [9.17, 15) is 13.2 Å². The Bertz CT molecular complexity index is 737. The van der Waals surface area contributed by atoms with Gasteiger partial charge in [0.15, 0.2) is 0 Å². The third kappa shape index (κ3) is 4.31. The number of aryl methyl sites for hydroxylation is 1. The molecule has 0 aromatic heterocycles. The van der Waals surface area contributed by atoms with Gasteiger partial charge in [0.25, 0.3) is 0 Å². The van der Waals surface area contributed by atoms with Gasteiger partial charge in [-0.3, -0.25) is 0 Å². The summed E-state index contributed by atoms with van der Waals surface area (Å²) < 4.78 is 47.0. The predicted octanol–water partition coefficient (Wildman–Crippen LogP) is 6.12. The highest BCUT2D eigenvalue weighted by molar-refractivity contribution is 6.08. The largest absolute Gasteiger partial charge is 0.429 e. The normalized spacial score (nSPS) is 20.8. The monoisotopic (exact) mass is 375 g/mol. The number of ether oxygens (including phenoxy) is 1. The number of halogens is 3. The molecule has 1 fully saturated rings. The van der Waals surface area contributed by atoms with Crippen LogP contribution in [0.2, 0.25) is 6.04 Å². The van der Waals surface area contributed by atoms with Crippen molar-refractivity contribution in [1.82, 2.24) is 0 Å². The Kier molecular flexibility index (Phi) is 5.75. The maximum Gasteiger partial charge on any atom is 0.426 e. The van der Waals surface area contributed by atoms with Crippen LogP contribution in [-0.2, 0) is 6.11 Å². The first kappa shape index (κ1) is 19.0. The lowest BCUT2D eigenvalue weighted by Crippen LogP contribution is -2.22. The minimum absolute atomic E-state index is 0.0774. The molecular weight excluding hydrogens is 353 g/mol. The molecule has 3 radical (unpaired) electrons. The lowest BCUT2D eigenvalue weighted by Gasteiger charge is -2.28. The Morgan fingerprint density at radius 1 is 1.04 bits per heavy atom. The third-order valence-electron chi connectivity index (χ3n) is 5.24. The lowest BCUT2D eigenvalue weighted by molar-refractivity contribution is -0.185. The summed E-state index contributed by atoms with van der Waals surface area (Å²) in [4.78, 5) is 0. The molecule has 0 spiro atoms. The van der Waals surface area contributed by atoms with Crippen LogP contribution in [0.25, 0.3) is 0 Å². The summed E-state index contributed by atoms with van der Waals surface area (Å²) in [5.41, 5.74) is 0.996. The first-order chi connectivity index (χ1) is 12.4. The van der Waals surface area contributed by atoms with Gasteiger partial charge in [-0.05, 0) is 67.0 Å². The number of hydrogen-bond donors (Lipinski definition) is 0. The summed E-state index contributed by atoms with van der Waals surface area (Å²) >= 11 is 0. The zero-order valence-electron chi connectivity index (χ0n) is 14.8. The van der Waals surface area contributed by atoms with Gasteiger partial charge in [0.05, 0.1) is 5.56 Å². The van der Waals surface area contributed by atoms with Crippen LogP contribution in [0, 0.1) is 18.7 Å². The number of hydrogen-bond acceptors (Lipinski definition) is 1. The van der Waals surface area contributed by atoms with Crippen molar-refractivity contribution in [2.24, 2.45) is 5.92 Å². The van der Waals surface area contributed by atoms with E-state index < -0.39 is 17.5 Å². The van der Waals surface area contributed by atoms with Crippen molar-refractivity contribution in [2.75, 3.05) is 0 Å².